The number of hydrogen-bond acceptors (Lipinski definition) is 0. The summed E-state index contributed by atoms with van der Waals surface area (Å²) in [6.07, 6.45) is 10.5. The zero-order valence-electron chi connectivity index (χ0n) is 8.63. The normalized spacial score (nSPS) is 15.0. The lowest BCUT2D eigenvalue weighted by molar-refractivity contribution is -0.417. The number of hydrogen-bond donors (Lipinski definition) is 0. The van der Waals surface area contributed by atoms with Crippen LogP contribution in [0.4, 0.5) is 0 Å². The lowest BCUT2D eigenvalue weighted by atomic mass is 9.99. The van der Waals surface area contributed by atoms with Gasteiger partial charge < -0.3 is 0 Å². The van der Waals surface area contributed by atoms with Gasteiger partial charge in [-0.1, -0.05) is 19.4 Å². The maximum absolute atomic E-state index is 5.11. The minimum Gasteiger partial charge on any atom is -0.258 e. The monoisotopic (exact) mass is 177 g/mol. The molecule has 70 valence electrons. The fraction of sp³-hybridized carbons (Fsp3) is 0.417. The molecule has 0 amide bonds. The lowest BCUT2D eigenvalue weighted by Gasteiger charge is -2.05. The van der Waals surface area contributed by atoms with Crippen LogP contribution in [-0.2, 0) is 4.42 Å². The number of carbonyl (C=O) groups excluding carboxylic acids is 1. The van der Waals surface area contributed by atoms with Crippen LogP contribution < -0.4 is 0 Å². The summed E-state index contributed by atoms with van der Waals surface area (Å²) in [6.45, 7) is 4.39. The first-order valence-corrected chi connectivity index (χ1v) is 4.81. The summed E-state index contributed by atoms with van der Waals surface area (Å²) in [5, 5.41) is 0. The summed E-state index contributed by atoms with van der Waals surface area (Å²) < 4.78 is 5.11. The molecule has 0 saturated carbocycles. The van der Waals surface area contributed by atoms with Gasteiger partial charge in [-0.05, 0) is 30.6 Å². The maximum Gasteiger partial charge on any atom is 0.343 e. The Morgan fingerprint density at radius 1 is 1.08 bits per heavy atom. The van der Waals surface area contributed by atoms with E-state index >= 15 is 0 Å². The van der Waals surface area contributed by atoms with Gasteiger partial charge in [0, 0.05) is 12.2 Å². The minimum absolute atomic E-state index is 0.926. The van der Waals surface area contributed by atoms with Crippen molar-refractivity contribution in [2.24, 2.45) is 0 Å². The van der Waals surface area contributed by atoms with Crippen LogP contribution in [-0.4, -0.2) is 12.9 Å². The zero-order chi connectivity index (χ0) is 9.68. The molecule has 13 heavy (non-hydrogen) atoms. The van der Waals surface area contributed by atoms with E-state index in [1.165, 1.54) is 11.1 Å². The predicted octanol–water partition coefficient (Wildman–Crippen LogP) is 2.96. The van der Waals surface area contributed by atoms with Crippen LogP contribution in [0.25, 0.3) is 0 Å². The van der Waals surface area contributed by atoms with Crippen molar-refractivity contribution in [2.75, 3.05) is 7.11 Å². The molecule has 0 aromatic carbocycles. The average molecular weight is 177 g/mol. The summed E-state index contributed by atoms with van der Waals surface area (Å²) in [5.41, 5.74) is 2.84. The van der Waals surface area contributed by atoms with Gasteiger partial charge in [0.05, 0.1) is 0 Å². The fourth-order valence-electron chi connectivity index (χ4n) is 1.48. The van der Waals surface area contributed by atoms with Crippen molar-refractivity contribution in [1.82, 2.24) is 0 Å². The SMILES string of the molecule is CCC(CC)=C1C=CC(=[O+]C)C=C1. The first-order valence-electron chi connectivity index (χ1n) is 4.81. The molecule has 1 aliphatic rings. The average Bonchev–Trinajstić information content (AvgIpc) is 2.21. The van der Waals surface area contributed by atoms with E-state index in [-0.39, 0.29) is 0 Å². The van der Waals surface area contributed by atoms with Crippen molar-refractivity contribution in [3.63, 3.8) is 0 Å². The van der Waals surface area contributed by atoms with E-state index in [9.17, 15) is 0 Å². The second-order valence-electron chi connectivity index (χ2n) is 3.04. The molecule has 0 atom stereocenters. The summed E-state index contributed by atoms with van der Waals surface area (Å²) in [5.74, 6) is 0.926. The molecule has 0 unspecified atom stereocenters. The fourth-order valence-corrected chi connectivity index (χ4v) is 1.48. The molecule has 0 bridgehead atoms. The van der Waals surface area contributed by atoms with Gasteiger partial charge in [-0.2, -0.15) is 0 Å². The molecular weight excluding hydrogens is 160 g/mol. The Kier molecular flexibility index (Phi) is 3.69. The first kappa shape index (κ1) is 9.97. The van der Waals surface area contributed by atoms with Crippen LogP contribution in [0.3, 0.4) is 0 Å². The van der Waals surface area contributed by atoms with Crippen LogP contribution in [0.15, 0.2) is 35.5 Å². The Morgan fingerprint density at radius 2 is 1.62 bits per heavy atom. The van der Waals surface area contributed by atoms with E-state index in [4.69, 9.17) is 4.42 Å². The van der Waals surface area contributed by atoms with Crippen LogP contribution in [0.1, 0.15) is 26.7 Å². The molecule has 0 aromatic rings. The Balaban J connectivity index is 2.89. The quantitative estimate of drug-likeness (QED) is 0.574. The largest absolute Gasteiger partial charge is 0.343 e. The highest BCUT2D eigenvalue weighted by Crippen LogP contribution is 2.17. The topological polar surface area (TPSA) is 11.3 Å². The molecular formula is C12H17O+. The molecule has 0 heterocycles. The molecule has 1 heteroatoms. The van der Waals surface area contributed by atoms with E-state index in [0.717, 1.165) is 18.6 Å². The van der Waals surface area contributed by atoms with E-state index < -0.39 is 0 Å². The van der Waals surface area contributed by atoms with Gasteiger partial charge in [-0.3, -0.25) is 4.42 Å². The highest BCUT2D eigenvalue weighted by atomic mass is 16.4. The molecule has 0 spiro atoms. The zero-order valence-corrected chi connectivity index (χ0v) is 8.63. The second kappa shape index (κ2) is 4.80. The van der Waals surface area contributed by atoms with E-state index in [2.05, 4.69) is 26.0 Å². The van der Waals surface area contributed by atoms with E-state index in [1.54, 1.807) is 7.11 Å². The van der Waals surface area contributed by atoms with Gasteiger partial charge in [0.25, 0.3) is 7.11 Å². The van der Waals surface area contributed by atoms with Crippen LogP contribution in [0, 0.1) is 0 Å². The van der Waals surface area contributed by atoms with Crippen LogP contribution in [0.2, 0.25) is 0 Å². The van der Waals surface area contributed by atoms with Crippen molar-refractivity contribution in [2.45, 2.75) is 26.7 Å². The molecule has 0 fully saturated rings. The molecule has 1 rings (SSSR count). The number of rotatable bonds is 2. The van der Waals surface area contributed by atoms with Crippen molar-refractivity contribution in [3.05, 3.63) is 35.5 Å². The van der Waals surface area contributed by atoms with Crippen molar-refractivity contribution < 1.29 is 4.42 Å². The summed E-state index contributed by atoms with van der Waals surface area (Å²) in [7, 11) is 1.69. The van der Waals surface area contributed by atoms with Crippen LogP contribution in [0.5, 0.6) is 0 Å². The Bertz CT molecular complexity index is 266. The van der Waals surface area contributed by atoms with Gasteiger partial charge in [0.2, 0.25) is 0 Å². The van der Waals surface area contributed by atoms with E-state index in [1.807, 2.05) is 12.2 Å². The smallest absolute Gasteiger partial charge is 0.258 e. The lowest BCUT2D eigenvalue weighted by Crippen LogP contribution is -1.97. The molecule has 0 N–H and O–H groups in total. The summed E-state index contributed by atoms with van der Waals surface area (Å²) in [6, 6.07) is 0. The third-order valence-corrected chi connectivity index (χ3v) is 2.35. The third-order valence-electron chi connectivity index (χ3n) is 2.35. The highest BCUT2D eigenvalue weighted by Gasteiger charge is 2.07. The molecule has 1 nitrogen and oxygen atoms in total. The van der Waals surface area contributed by atoms with Gasteiger partial charge in [-0.25, -0.2) is 0 Å². The number of ketones is 1. The Hall–Kier alpha value is -1.11. The molecule has 0 aliphatic heterocycles. The molecule has 0 saturated heterocycles. The highest BCUT2D eigenvalue weighted by molar-refractivity contribution is 6.01. The second-order valence-corrected chi connectivity index (χ2v) is 3.04. The Labute approximate surface area is 80.2 Å². The summed E-state index contributed by atoms with van der Waals surface area (Å²) >= 11 is 0. The van der Waals surface area contributed by atoms with Gasteiger partial charge in [-0.15, -0.1) is 0 Å². The van der Waals surface area contributed by atoms with Crippen molar-refractivity contribution >= 4 is 5.78 Å². The Morgan fingerprint density at radius 3 is 2.00 bits per heavy atom. The summed E-state index contributed by atoms with van der Waals surface area (Å²) in [4.78, 5) is 0. The van der Waals surface area contributed by atoms with E-state index in [0.29, 0.717) is 0 Å². The predicted molar refractivity (Wildman–Crippen MR) is 56.8 cm³/mol. The minimum atomic E-state index is 0.926. The first-order chi connectivity index (χ1) is 6.31. The van der Waals surface area contributed by atoms with Gasteiger partial charge in [0.15, 0.2) is 0 Å². The molecule has 1 aliphatic carbocycles. The third kappa shape index (κ3) is 2.41. The molecule has 0 radical (unpaired) electrons. The maximum atomic E-state index is 5.11. The van der Waals surface area contributed by atoms with Gasteiger partial charge in [0.1, 0.15) is 0 Å². The number of allylic oxidation sites excluding steroid dienone is 6. The molecule has 0 aromatic heterocycles. The standard InChI is InChI=1S/C12H17O/c1-4-10(5-2)11-6-8-12(13-3)9-7-11/h6-9H,4-5H2,1-3H3/q+1. The van der Waals surface area contributed by atoms with Gasteiger partial charge >= 0.3 is 5.78 Å². The van der Waals surface area contributed by atoms with Crippen LogP contribution >= 0.6 is 0 Å². The van der Waals surface area contributed by atoms with Crippen molar-refractivity contribution in [1.29, 1.82) is 0 Å². The van der Waals surface area contributed by atoms with Crippen molar-refractivity contribution in [3.8, 4) is 0 Å².